The van der Waals surface area contributed by atoms with Crippen LogP contribution in [-0.2, 0) is 17.9 Å². The van der Waals surface area contributed by atoms with Gasteiger partial charge in [-0.3, -0.25) is 0 Å². The summed E-state index contributed by atoms with van der Waals surface area (Å²) in [5.74, 6) is 0.398. The molecule has 0 amide bonds. The van der Waals surface area contributed by atoms with Gasteiger partial charge >= 0.3 is 5.97 Å². The molecule has 2 N–H and O–H groups in total. The first-order chi connectivity index (χ1) is 13.5. The van der Waals surface area contributed by atoms with E-state index in [1.54, 1.807) is 7.11 Å². The number of nitrogens with two attached hydrogens (primary N) is 1. The molecular formula is C23H26N2O3. The Morgan fingerprint density at radius 1 is 1.11 bits per heavy atom. The monoisotopic (exact) mass is 378 g/mol. The molecule has 2 aromatic carbocycles. The van der Waals surface area contributed by atoms with Crippen molar-refractivity contribution in [3.05, 3.63) is 77.6 Å². The fourth-order valence-corrected chi connectivity index (χ4v) is 3.07. The van der Waals surface area contributed by atoms with Gasteiger partial charge in [0.05, 0.1) is 7.11 Å². The quantitative estimate of drug-likeness (QED) is 0.612. The molecule has 3 rings (SSSR count). The average molecular weight is 378 g/mol. The molecule has 0 aliphatic rings. The lowest BCUT2D eigenvalue weighted by atomic mass is 10.0. The SMILES string of the molecule is CCn1cc(-c2cc(OC)cc([C@@H](C)N)c2)cc1C(=O)OCc1ccccc1. The van der Waals surface area contributed by atoms with Crippen molar-refractivity contribution in [2.45, 2.75) is 33.0 Å². The number of esters is 1. The number of benzene rings is 2. The number of methoxy groups -OCH3 is 1. The molecule has 0 fully saturated rings. The minimum absolute atomic E-state index is 0.114. The Hall–Kier alpha value is -3.05. The third-order valence-electron chi connectivity index (χ3n) is 4.68. The highest BCUT2D eigenvalue weighted by molar-refractivity contribution is 5.90. The molecule has 5 heteroatoms. The van der Waals surface area contributed by atoms with Gasteiger partial charge in [0.1, 0.15) is 18.1 Å². The number of carbonyl (C=O) groups is 1. The van der Waals surface area contributed by atoms with Crippen LogP contribution in [0.15, 0.2) is 60.8 Å². The summed E-state index contributed by atoms with van der Waals surface area (Å²) in [7, 11) is 1.63. The van der Waals surface area contributed by atoms with Gasteiger partial charge in [-0.1, -0.05) is 30.3 Å². The van der Waals surface area contributed by atoms with Crippen LogP contribution in [0.1, 0.15) is 41.5 Å². The minimum atomic E-state index is -0.340. The lowest BCUT2D eigenvalue weighted by Gasteiger charge is -2.11. The minimum Gasteiger partial charge on any atom is -0.497 e. The van der Waals surface area contributed by atoms with Crippen LogP contribution in [0.25, 0.3) is 11.1 Å². The molecule has 28 heavy (non-hydrogen) atoms. The van der Waals surface area contributed by atoms with Crippen molar-refractivity contribution >= 4 is 5.97 Å². The zero-order chi connectivity index (χ0) is 20.1. The molecule has 1 atom stereocenters. The Bertz CT molecular complexity index is 946. The van der Waals surface area contributed by atoms with Gasteiger partial charge in [0.25, 0.3) is 0 Å². The maximum atomic E-state index is 12.7. The van der Waals surface area contributed by atoms with Gasteiger partial charge in [-0.15, -0.1) is 0 Å². The highest BCUT2D eigenvalue weighted by atomic mass is 16.5. The van der Waals surface area contributed by atoms with E-state index in [0.717, 1.165) is 28.0 Å². The Kier molecular flexibility index (Phi) is 6.16. The first-order valence-corrected chi connectivity index (χ1v) is 9.38. The molecule has 0 radical (unpaired) electrons. The number of aromatic nitrogens is 1. The molecule has 0 unspecified atom stereocenters. The molecule has 0 saturated heterocycles. The predicted octanol–water partition coefficient (Wildman–Crippen LogP) is 4.56. The van der Waals surface area contributed by atoms with Crippen molar-refractivity contribution in [3.8, 4) is 16.9 Å². The number of hydrogen-bond acceptors (Lipinski definition) is 4. The highest BCUT2D eigenvalue weighted by Gasteiger charge is 2.17. The zero-order valence-corrected chi connectivity index (χ0v) is 16.5. The summed E-state index contributed by atoms with van der Waals surface area (Å²) in [6.07, 6.45) is 1.96. The van der Waals surface area contributed by atoms with E-state index in [4.69, 9.17) is 15.2 Å². The standard InChI is InChI=1S/C23H26N2O3/c1-4-25-14-20(19-10-18(16(2)24)11-21(12-19)27-3)13-22(25)23(26)28-15-17-8-6-5-7-9-17/h5-14,16H,4,15,24H2,1-3H3/t16-/m1/s1. The number of ether oxygens (including phenoxy) is 2. The van der Waals surface area contributed by atoms with Crippen molar-refractivity contribution in [1.29, 1.82) is 0 Å². The van der Waals surface area contributed by atoms with Crippen molar-refractivity contribution in [3.63, 3.8) is 0 Å². The first kappa shape index (κ1) is 19.7. The molecule has 5 nitrogen and oxygen atoms in total. The Balaban J connectivity index is 1.88. The van der Waals surface area contributed by atoms with Gasteiger partial charge < -0.3 is 19.8 Å². The molecule has 0 aliphatic carbocycles. The van der Waals surface area contributed by atoms with E-state index in [0.29, 0.717) is 12.2 Å². The average Bonchev–Trinajstić information content (AvgIpc) is 3.17. The molecule has 0 spiro atoms. The Morgan fingerprint density at radius 2 is 1.86 bits per heavy atom. The van der Waals surface area contributed by atoms with Gasteiger partial charge in [0.15, 0.2) is 0 Å². The molecule has 0 aliphatic heterocycles. The van der Waals surface area contributed by atoms with Gasteiger partial charge in [-0.2, -0.15) is 0 Å². The zero-order valence-electron chi connectivity index (χ0n) is 16.5. The third-order valence-corrected chi connectivity index (χ3v) is 4.68. The summed E-state index contributed by atoms with van der Waals surface area (Å²) in [4.78, 5) is 12.7. The van der Waals surface area contributed by atoms with Gasteiger partial charge in [-0.25, -0.2) is 4.79 Å². The summed E-state index contributed by atoms with van der Waals surface area (Å²) in [5.41, 5.74) is 10.4. The highest BCUT2D eigenvalue weighted by Crippen LogP contribution is 2.30. The van der Waals surface area contributed by atoms with Crippen LogP contribution in [0, 0.1) is 0 Å². The second-order valence-electron chi connectivity index (χ2n) is 6.75. The maximum absolute atomic E-state index is 12.7. The second kappa shape index (κ2) is 8.76. The maximum Gasteiger partial charge on any atom is 0.355 e. The molecule has 0 bridgehead atoms. The smallest absolute Gasteiger partial charge is 0.355 e. The molecule has 1 heterocycles. The van der Waals surface area contributed by atoms with Crippen molar-refractivity contribution in [1.82, 2.24) is 4.57 Å². The molecule has 146 valence electrons. The van der Waals surface area contributed by atoms with Crippen molar-refractivity contribution < 1.29 is 14.3 Å². The summed E-state index contributed by atoms with van der Waals surface area (Å²) in [6, 6.07) is 17.3. The van der Waals surface area contributed by atoms with E-state index in [9.17, 15) is 4.79 Å². The van der Waals surface area contributed by atoms with Crippen LogP contribution in [0.2, 0.25) is 0 Å². The lowest BCUT2D eigenvalue weighted by Crippen LogP contribution is -2.11. The normalized spacial score (nSPS) is 11.9. The predicted molar refractivity (Wildman–Crippen MR) is 110 cm³/mol. The number of carbonyl (C=O) groups excluding carboxylic acids is 1. The number of nitrogens with zero attached hydrogens (tertiary/aromatic N) is 1. The van der Waals surface area contributed by atoms with Crippen LogP contribution in [0.4, 0.5) is 0 Å². The summed E-state index contributed by atoms with van der Waals surface area (Å²) >= 11 is 0. The molecular weight excluding hydrogens is 352 g/mol. The van der Waals surface area contributed by atoms with Crippen molar-refractivity contribution in [2.24, 2.45) is 5.73 Å². The van der Waals surface area contributed by atoms with E-state index >= 15 is 0 Å². The topological polar surface area (TPSA) is 66.5 Å². The van der Waals surface area contributed by atoms with Gasteiger partial charge in [-0.05, 0) is 54.8 Å². The number of hydrogen-bond donors (Lipinski definition) is 1. The fraction of sp³-hybridized carbons (Fsp3) is 0.261. The molecule has 0 saturated carbocycles. The Morgan fingerprint density at radius 3 is 2.50 bits per heavy atom. The van der Waals surface area contributed by atoms with Crippen LogP contribution in [-0.4, -0.2) is 17.6 Å². The first-order valence-electron chi connectivity index (χ1n) is 9.38. The van der Waals surface area contributed by atoms with Gasteiger partial charge in [0, 0.05) is 24.3 Å². The third kappa shape index (κ3) is 4.43. The van der Waals surface area contributed by atoms with Crippen LogP contribution >= 0.6 is 0 Å². The summed E-state index contributed by atoms with van der Waals surface area (Å²) in [5, 5.41) is 0. The van der Waals surface area contributed by atoms with E-state index in [-0.39, 0.29) is 18.6 Å². The number of aryl methyl sites for hydroxylation is 1. The molecule has 1 aromatic heterocycles. The summed E-state index contributed by atoms with van der Waals surface area (Å²) in [6.45, 7) is 4.84. The van der Waals surface area contributed by atoms with Crippen LogP contribution in [0.3, 0.4) is 0 Å². The van der Waals surface area contributed by atoms with Gasteiger partial charge in [0.2, 0.25) is 0 Å². The van der Waals surface area contributed by atoms with E-state index in [2.05, 4.69) is 0 Å². The fourth-order valence-electron chi connectivity index (χ4n) is 3.07. The van der Waals surface area contributed by atoms with E-state index < -0.39 is 0 Å². The largest absolute Gasteiger partial charge is 0.497 e. The second-order valence-corrected chi connectivity index (χ2v) is 6.75. The van der Waals surface area contributed by atoms with E-state index in [1.807, 2.05) is 79.2 Å². The lowest BCUT2D eigenvalue weighted by molar-refractivity contribution is 0.0460. The Labute approximate surface area is 165 Å². The van der Waals surface area contributed by atoms with E-state index in [1.165, 1.54) is 0 Å². The molecule has 3 aromatic rings. The van der Waals surface area contributed by atoms with Crippen LogP contribution in [0.5, 0.6) is 5.75 Å². The van der Waals surface area contributed by atoms with Crippen molar-refractivity contribution in [2.75, 3.05) is 7.11 Å². The number of rotatable bonds is 7. The van der Waals surface area contributed by atoms with Crippen LogP contribution < -0.4 is 10.5 Å². The summed E-state index contributed by atoms with van der Waals surface area (Å²) < 4.78 is 12.8.